The quantitative estimate of drug-likeness (QED) is 0.449. The summed E-state index contributed by atoms with van der Waals surface area (Å²) in [5.74, 6) is 0.943. The van der Waals surface area contributed by atoms with E-state index in [2.05, 4.69) is 27.2 Å². The monoisotopic (exact) mass is 433 g/mol. The lowest BCUT2D eigenvalue weighted by atomic mass is 9.93. The van der Waals surface area contributed by atoms with Gasteiger partial charge in [0.2, 0.25) is 17.6 Å². The molecule has 0 bridgehead atoms. The fraction of sp³-hybridized carbons (Fsp3) is 0.348. The second kappa shape index (κ2) is 8.51. The van der Waals surface area contributed by atoms with E-state index in [1.165, 1.54) is 23.3 Å². The van der Waals surface area contributed by atoms with Crippen LogP contribution in [0.4, 0.5) is 5.69 Å². The number of aromatic nitrogens is 2. The molecule has 3 heterocycles. The number of nitro groups is 1. The van der Waals surface area contributed by atoms with Crippen molar-refractivity contribution in [3.05, 3.63) is 75.7 Å². The highest BCUT2D eigenvalue weighted by Gasteiger charge is 2.35. The van der Waals surface area contributed by atoms with Gasteiger partial charge in [-0.3, -0.25) is 19.8 Å². The number of likely N-dealkylation sites (tertiary alicyclic amines) is 1. The van der Waals surface area contributed by atoms with Crippen LogP contribution in [0.1, 0.15) is 29.9 Å². The Bertz CT molecular complexity index is 1140. The van der Waals surface area contributed by atoms with Crippen LogP contribution in [0.15, 0.2) is 53.1 Å². The molecule has 1 atom stereocenters. The van der Waals surface area contributed by atoms with E-state index in [4.69, 9.17) is 4.52 Å². The first-order valence-electron chi connectivity index (χ1n) is 10.8. The molecule has 5 rings (SSSR count). The minimum Gasteiger partial charge on any atom is -0.341 e. The van der Waals surface area contributed by atoms with Gasteiger partial charge in [0.1, 0.15) is 0 Å². The molecule has 9 nitrogen and oxygen atoms in total. The van der Waals surface area contributed by atoms with Crippen molar-refractivity contribution in [2.45, 2.75) is 38.4 Å². The predicted molar refractivity (Wildman–Crippen MR) is 115 cm³/mol. The maximum atomic E-state index is 13.3. The number of non-ortho nitro benzene ring substituents is 1. The molecule has 1 fully saturated rings. The second-order valence-electron chi connectivity index (χ2n) is 8.24. The van der Waals surface area contributed by atoms with Crippen LogP contribution < -0.4 is 0 Å². The first-order valence-corrected chi connectivity index (χ1v) is 10.8. The topological polar surface area (TPSA) is 106 Å². The minimum atomic E-state index is -0.447. The van der Waals surface area contributed by atoms with E-state index >= 15 is 0 Å². The van der Waals surface area contributed by atoms with Gasteiger partial charge in [-0.15, -0.1) is 0 Å². The number of fused-ring (bicyclic) bond motifs is 1. The zero-order valence-electron chi connectivity index (χ0n) is 17.5. The molecule has 1 saturated heterocycles. The van der Waals surface area contributed by atoms with Gasteiger partial charge in [0, 0.05) is 37.3 Å². The second-order valence-corrected chi connectivity index (χ2v) is 8.24. The highest BCUT2D eigenvalue weighted by molar-refractivity contribution is 5.83. The Morgan fingerprint density at radius 2 is 1.81 bits per heavy atom. The van der Waals surface area contributed by atoms with Crippen LogP contribution in [0, 0.1) is 10.1 Å². The fourth-order valence-electron chi connectivity index (χ4n) is 4.48. The molecule has 0 N–H and O–H groups in total. The van der Waals surface area contributed by atoms with E-state index in [1.54, 1.807) is 12.1 Å². The summed E-state index contributed by atoms with van der Waals surface area (Å²) in [7, 11) is 0. The number of hydrogen-bond acceptors (Lipinski definition) is 7. The molecular formula is C23H23N5O4. The van der Waals surface area contributed by atoms with Crippen molar-refractivity contribution in [3.8, 4) is 11.4 Å². The predicted octanol–water partition coefficient (Wildman–Crippen LogP) is 3.19. The average Bonchev–Trinajstić information content (AvgIpc) is 3.51. The van der Waals surface area contributed by atoms with Gasteiger partial charge < -0.3 is 9.42 Å². The number of amides is 1. The maximum absolute atomic E-state index is 13.3. The summed E-state index contributed by atoms with van der Waals surface area (Å²) in [6, 6.07) is 14.0. The first kappa shape index (κ1) is 20.3. The normalized spacial score (nSPS) is 18.5. The number of rotatable bonds is 5. The molecule has 2 aliphatic heterocycles. The molecule has 0 spiro atoms. The highest BCUT2D eigenvalue weighted by atomic mass is 16.6. The molecule has 9 heteroatoms. The number of nitrogens with zero attached hydrogens (tertiary/aromatic N) is 5. The standard InChI is InChI=1S/C23H23N5O4/c29-23(26-11-3-4-12-26)20-13-17-5-1-2-6-18(17)14-27(20)15-21-24-22(25-32-21)16-7-9-19(10-8-16)28(30)31/h1-2,5-10,20H,3-4,11-15H2/t20-/m1/s1. The zero-order chi connectivity index (χ0) is 22.1. The highest BCUT2D eigenvalue weighted by Crippen LogP contribution is 2.27. The van der Waals surface area contributed by atoms with E-state index in [1.807, 2.05) is 17.0 Å². The van der Waals surface area contributed by atoms with Crippen LogP contribution in [-0.2, 0) is 24.3 Å². The molecule has 32 heavy (non-hydrogen) atoms. The summed E-state index contributed by atoms with van der Waals surface area (Å²) in [6.45, 7) is 2.62. The largest absolute Gasteiger partial charge is 0.341 e. The van der Waals surface area contributed by atoms with E-state index in [9.17, 15) is 14.9 Å². The van der Waals surface area contributed by atoms with Gasteiger partial charge >= 0.3 is 0 Å². The summed E-state index contributed by atoms with van der Waals surface area (Å²) in [6.07, 6.45) is 2.77. The number of hydrogen-bond donors (Lipinski definition) is 0. The van der Waals surface area contributed by atoms with Crippen molar-refractivity contribution >= 4 is 11.6 Å². The molecular weight excluding hydrogens is 410 g/mol. The van der Waals surface area contributed by atoms with E-state index in [-0.39, 0.29) is 17.6 Å². The van der Waals surface area contributed by atoms with Crippen molar-refractivity contribution in [2.24, 2.45) is 0 Å². The number of carbonyl (C=O) groups is 1. The lowest BCUT2D eigenvalue weighted by Crippen LogP contribution is -2.50. The van der Waals surface area contributed by atoms with E-state index in [0.29, 0.717) is 36.8 Å². The van der Waals surface area contributed by atoms with Gasteiger partial charge in [-0.05, 0) is 42.5 Å². The third-order valence-electron chi connectivity index (χ3n) is 6.19. The van der Waals surface area contributed by atoms with Crippen LogP contribution in [0.2, 0.25) is 0 Å². The first-order chi connectivity index (χ1) is 15.6. The Kier molecular flexibility index (Phi) is 5.40. The molecule has 164 valence electrons. The maximum Gasteiger partial charge on any atom is 0.269 e. The molecule has 1 aromatic heterocycles. The number of nitro benzene ring substituents is 1. The van der Waals surface area contributed by atoms with Gasteiger partial charge in [0.05, 0.1) is 17.5 Å². The van der Waals surface area contributed by atoms with Crippen LogP contribution in [0.5, 0.6) is 0 Å². The molecule has 2 aromatic carbocycles. The zero-order valence-corrected chi connectivity index (χ0v) is 17.5. The summed E-state index contributed by atoms with van der Waals surface area (Å²) in [4.78, 5) is 32.3. The van der Waals surface area contributed by atoms with Crippen molar-refractivity contribution < 1.29 is 14.2 Å². The third-order valence-corrected chi connectivity index (χ3v) is 6.19. The van der Waals surface area contributed by atoms with Crippen LogP contribution in [-0.4, -0.2) is 49.9 Å². The van der Waals surface area contributed by atoms with E-state index in [0.717, 1.165) is 25.9 Å². The van der Waals surface area contributed by atoms with Gasteiger partial charge in [-0.1, -0.05) is 29.4 Å². The van der Waals surface area contributed by atoms with Crippen molar-refractivity contribution in [1.82, 2.24) is 19.9 Å². The SMILES string of the molecule is O=C([C@H]1Cc2ccccc2CN1Cc1nc(-c2ccc([N+](=O)[O-])cc2)no1)N1CCCC1. The number of carbonyl (C=O) groups excluding carboxylic acids is 1. The van der Waals surface area contributed by atoms with Crippen LogP contribution >= 0.6 is 0 Å². The summed E-state index contributed by atoms with van der Waals surface area (Å²) in [5, 5.41) is 14.9. The summed E-state index contributed by atoms with van der Waals surface area (Å²) < 4.78 is 5.48. The Hall–Kier alpha value is -3.59. The van der Waals surface area contributed by atoms with Crippen molar-refractivity contribution in [3.63, 3.8) is 0 Å². The molecule has 3 aromatic rings. The molecule has 0 radical (unpaired) electrons. The Morgan fingerprint density at radius 1 is 1.09 bits per heavy atom. The van der Waals surface area contributed by atoms with Crippen molar-refractivity contribution in [1.29, 1.82) is 0 Å². The van der Waals surface area contributed by atoms with Crippen LogP contribution in [0.3, 0.4) is 0 Å². The number of benzene rings is 2. The smallest absolute Gasteiger partial charge is 0.269 e. The lowest BCUT2D eigenvalue weighted by Gasteiger charge is -2.37. The Labute approximate surface area is 184 Å². The van der Waals surface area contributed by atoms with E-state index < -0.39 is 4.92 Å². The lowest BCUT2D eigenvalue weighted by molar-refractivity contribution is -0.384. The van der Waals surface area contributed by atoms with Crippen LogP contribution in [0.25, 0.3) is 11.4 Å². The summed E-state index contributed by atoms with van der Waals surface area (Å²) in [5.41, 5.74) is 3.05. The third kappa shape index (κ3) is 3.99. The molecule has 2 aliphatic rings. The van der Waals surface area contributed by atoms with Gasteiger partial charge in [0.25, 0.3) is 5.69 Å². The minimum absolute atomic E-state index is 0.00715. The fourth-order valence-corrected chi connectivity index (χ4v) is 4.48. The average molecular weight is 433 g/mol. The molecule has 0 saturated carbocycles. The summed E-state index contributed by atoms with van der Waals surface area (Å²) >= 11 is 0. The van der Waals surface area contributed by atoms with Gasteiger partial charge in [0.15, 0.2) is 0 Å². The Morgan fingerprint density at radius 3 is 2.53 bits per heavy atom. The molecule has 0 aliphatic carbocycles. The Balaban J connectivity index is 1.37. The molecule has 0 unspecified atom stereocenters. The van der Waals surface area contributed by atoms with Gasteiger partial charge in [-0.2, -0.15) is 4.98 Å². The van der Waals surface area contributed by atoms with Gasteiger partial charge in [-0.25, -0.2) is 0 Å². The van der Waals surface area contributed by atoms with Crippen molar-refractivity contribution in [2.75, 3.05) is 13.1 Å². The molecule has 1 amide bonds.